The zero-order valence-corrected chi connectivity index (χ0v) is 19.7. The largest absolute Gasteiger partial charge is 0.378 e. The summed E-state index contributed by atoms with van der Waals surface area (Å²) in [4.78, 5) is 30.5. The predicted molar refractivity (Wildman–Crippen MR) is 131 cm³/mol. The van der Waals surface area contributed by atoms with Crippen molar-refractivity contribution in [1.29, 1.82) is 0 Å². The number of nitrogens with zero attached hydrogens (tertiary/aromatic N) is 2. The van der Waals surface area contributed by atoms with Crippen molar-refractivity contribution in [2.45, 2.75) is 51.6 Å². The first kappa shape index (κ1) is 23.5. The SMILES string of the molecule is CCCN1CCN(C(=O)CC[C@H]2CCCO2)C[C@H](Cc2ccccc2-c2ccccc2)C1=O. The van der Waals surface area contributed by atoms with Gasteiger partial charge in [0.2, 0.25) is 11.8 Å². The van der Waals surface area contributed by atoms with E-state index in [0.717, 1.165) is 55.5 Å². The van der Waals surface area contributed by atoms with Gasteiger partial charge in [0, 0.05) is 39.2 Å². The number of benzene rings is 2. The van der Waals surface area contributed by atoms with E-state index in [1.54, 1.807) is 0 Å². The van der Waals surface area contributed by atoms with Crippen molar-refractivity contribution < 1.29 is 14.3 Å². The Morgan fingerprint density at radius 3 is 2.61 bits per heavy atom. The third kappa shape index (κ3) is 6.02. The number of amides is 2. The Kier molecular flexibility index (Phi) is 8.16. The molecular weight excluding hydrogens is 412 g/mol. The Morgan fingerprint density at radius 2 is 1.85 bits per heavy atom. The van der Waals surface area contributed by atoms with Gasteiger partial charge in [-0.05, 0) is 48.8 Å². The van der Waals surface area contributed by atoms with Crippen LogP contribution in [0, 0.1) is 5.92 Å². The van der Waals surface area contributed by atoms with Crippen LogP contribution in [0.5, 0.6) is 0 Å². The van der Waals surface area contributed by atoms with Crippen molar-refractivity contribution in [2.75, 3.05) is 32.8 Å². The van der Waals surface area contributed by atoms with Crippen LogP contribution in [0.3, 0.4) is 0 Å². The Balaban J connectivity index is 1.52. The van der Waals surface area contributed by atoms with Gasteiger partial charge in [0.25, 0.3) is 0 Å². The Labute approximate surface area is 197 Å². The maximum absolute atomic E-state index is 13.5. The summed E-state index contributed by atoms with van der Waals surface area (Å²) in [7, 11) is 0. The van der Waals surface area contributed by atoms with E-state index >= 15 is 0 Å². The van der Waals surface area contributed by atoms with Crippen molar-refractivity contribution in [2.24, 2.45) is 5.92 Å². The lowest BCUT2D eigenvalue weighted by molar-refractivity contribution is -0.135. The average Bonchev–Trinajstić information content (AvgIpc) is 3.32. The van der Waals surface area contributed by atoms with E-state index in [1.807, 2.05) is 40.1 Å². The molecule has 5 nitrogen and oxygen atoms in total. The monoisotopic (exact) mass is 448 g/mol. The van der Waals surface area contributed by atoms with Gasteiger partial charge in [-0.1, -0.05) is 61.5 Å². The smallest absolute Gasteiger partial charge is 0.227 e. The fourth-order valence-corrected chi connectivity index (χ4v) is 5.09. The molecule has 2 heterocycles. The molecule has 2 aliphatic rings. The van der Waals surface area contributed by atoms with Crippen LogP contribution in [0.4, 0.5) is 0 Å². The van der Waals surface area contributed by atoms with Crippen LogP contribution in [-0.4, -0.2) is 60.5 Å². The lowest BCUT2D eigenvalue weighted by atomic mass is 9.91. The molecule has 2 atom stereocenters. The molecule has 33 heavy (non-hydrogen) atoms. The van der Waals surface area contributed by atoms with Crippen LogP contribution in [0.1, 0.15) is 44.6 Å². The van der Waals surface area contributed by atoms with Crippen molar-refractivity contribution >= 4 is 11.8 Å². The number of carbonyl (C=O) groups is 2. The molecule has 2 saturated heterocycles. The zero-order valence-electron chi connectivity index (χ0n) is 19.7. The number of hydrogen-bond donors (Lipinski definition) is 0. The lowest BCUT2D eigenvalue weighted by Gasteiger charge is -2.25. The van der Waals surface area contributed by atoms with Crippen molar-refractivity contribution in [3.05, 3.63) is 60.2 Å². The van der Waals surface area contributed by atoms with Gasteiger partial charge >= 0.3 is 0 Å². The van der Waals surface area contributed by atoms with E-state index in [1.165, 1.54) is 0 Å². The van der Waals surface area contributed by atoms with Gasteiger partial charge in [-0.15, -0.1) is 0 Å². The third-order valence-electron chi connectivity index (χ3n) is 6.86. The number of hydrogen-bond acceptors (Lipinski definition) is 3. The first-order valence-electron chi connectivity index (χ1n) is 12.5. The minimum Gasteiger partial charge on any atom is -0.378 e. The van der Waals surface area contributed by atoms with E-state index in [9.17, 15) is 9.59 Å². The average molecular weight is 449 g/mol. The molecule has 2 aromatic rings. The van der Waals surface area contributed by atoms with Gasteiger partial charge in [0.15, 0.2) is 0 Å². The second kappa shape index (κ2) is 11.5. The molecule has 0 aliphatic carbocycles. The normalized spacial score (nSPS) is 21.3. The van der Waals surface area contributed by atoms with E-state index in [2.05, 4.69) is 31.2 Å². The summed E-state index contributed by atoms with van der Waals surface area (Å²) in [6, 6.07) is 18.7. The summed E-state index contributed by atoms with van der Waals surface area (Å²) >= 11 is 0. The van der Waals surface area contributed by atoms with Gasteiger partial charge in [-0.25, -0.2) is 0 Å². The molecule has 0 radical (unpaired) electrons. The molecule has 0 saturated carbocycles. The fraction of sp³-hybridized carbons (Fsp3) is 0.500. The minimum absolute atomic E-state index is 0.151. The van der Waals surface area contributed by atoms with E-state index in [4.69, 9.17) is 4.74 Å². The molecule has 2 fully saturated rings. The highest BCUT2D eigenvalue weighted by Gasteiger charge is 2.32. The summed E-state index contributed by atoms with van der Waals surface area (Å²) in [5, 5.41) is 0. The first-order valence-corrected chi connectivity index (χ1v) is 12.5. The highest BCUT2D eigenvalue weighted by atomic mass is 16.5. The molecule has 2 amide bonds. The third-order valence-corrected chi connectivity index (χ3v) is 6.86. The summed E-state index contributed by atoms with van der Waals surface area (Å²) < 4.78 is 5.70. The van der Waals surface area contributed by atoms with Gasteiger partial charge in [-0.2, -0.15) is 0 Å². The lowest BCUT2D eigenvalue weighted by Crippen LogP contribution is -2.38. The highest BCUT2D eigenvalue weighted by Crippen LogP contribution is 2.27. The highest BCUT2D eigenvalue weighted by molar-refractivity contribution is 5.83. The quantitative estimate of drug-likeness (QED) is 0.595. The second-order valence-electron chi connectivity index (χ2n) is 9.26. The summed E-state index contributed by atoms with van der Waals surface area (Å²) in [6.07, 6.45) is 5.20. The van der Waals surface area contributed by atoms with E-state index < -0.39 is 0 Å². The van der Waals surface area contributed by atoms with Gasteiger partial charge < -0.3 is 14.5 Å². The first-order chi connectivity index (χ1) is 16.2. The van der Waals surface area contributed by atoms with Crippen LogP contribution >= 0.6 is 0 Å². The summed E-state index contributed by atoms with van der Waals surface area (Å²) in [5.41, 5.74) is 3.48. The van der Waals surface area contributed by atoms with Crippen molar-refractivity contribution in [1.82, 2.24) is 9.80 Å². The van der Waals surface area contributed by atoms with E-state index in [-0.39, 0.29) is 23.8 Å². The Morgan fingerprint density at radius 1 is 1.06 bits per heavy atom. The Hall–Kier alpha value is -2.66. The maximum atomic E-state index is 13.5. The molecule has 0 N–H and O–H groups in total. The predicted octanol–water partition coefficient (Wildman–Crippen LogP) is 4.55. The standard InChI is InChI=1S/C28H36N2O3/c1-2-16-29-17-18-30(27(31)15-14-25-12-8-19-33-25)21-24(28(29)32)20-23-11-6-7-13-26(23)22-9-4-3-5-10-22/h3-7,9-11,13,24-25H,2,8,12,14-21H2,1H3/t24-,25+/m0/s1. The molecule has 0 bridgehead atoms. The summed E-state index contributed by atoms with van der Waals surface area (Å²) in [6.45, 7) is 5.39. The van der Waals surface area contributed by atoms with Crippen LogP contribution in [0.25, 0.3) is 11.1 Å². The number of rotatable bonds is 8. The molecule has 0 unspecified atom stereocenters. The molecule has 176 valence electrons. The van der Waals surface area contributed by atoms with Gasteiger partial charge in [0.1, 0.15) is 0 Å². The zero-order chi connectivity index (χ0) is 23.0. The van der Waals surface area contributed by atoms with Crippen LogP contribution in [0.15, 0.2) is 54.6 Å². The molecular formula is C28H36N2O3. The fourth-order valence-electron chi connectivity index (χ4n) is 5.09. The molecule has 2 aromatic carbocycles. The van der Waals surface area contributed by atoms with E-state index in [0.29, 0.717) is 32.5 Å². The van der Waals surface area contributed by atoms with Crippen LogP contribution < -0.4 is 0 Å². The molecule has 0 aromatic heterocycles. The number of ether oxygens (including phenoxy) is 1. The second-order valence-corrected chi connectivity index (χ2v) is 9.26. The summed E-state index contributed by atoms with van der Waals surface area (Å²) in [5.74, 6) is 0.0997. The maximum Gasteiger partial charge on any atom is 0.227 e. The minimum atomic E-state index is -0.226. The molecule has 5 heteroatoms. The van der Waals surface area contributed by atoms with Gasteiger partial charge in [0.05, 0.1) is 12.0 Å². The Bertz CT molecular complexity index is 924. The topological polar surface area (TPSA) is 49.9 Å². The molecule has 0 spiro atoms. The van der Waals surface area contributed by atoms with Crippen LogP contribution in [-0.2, 0) is 20.7 Å². The van der Waals surface area contributed by atoms with Crippen molar-refractivity contribution in [3.63, 3.8) is 0 Å². The molecule has 2 aliphatic heterocycles. The molecule has 4 rings (SSSR count). The van der Waals surface area contributed by atoms with Crippen molar-refractivity contribution in [3.8, 4) is 11.1 Å². The van der Waals surface area contributed by atoms with Gasteiger partial charge in [-0.3, -0.25) is 9.59 Å². The van der Waals surface area contributed by atoms with Crippen LogP contribution in [0.2, 0.25) is 0 Å². The number of carbonyl (C=O) groups excluding carboxylic acids is 2.